The zero-order valence-electron chi connectivity index (χ0n) is 11.2. The Hall–Kier alpha value is -1.54. The van der Waals surface area contributed by atoms with E-state index in [0.29, 0.717) is 12.3 Å². The van der Waals surface area contributed by atoms with Crippen LogP contribution < -0.4 is 0 Å². The van der Waals surface area contributed by atoms with E-state index in [1.807, 2.05) is 18.2 Å². The lowest BCUT2D eigenvalue weighted by molar-refractivity contribution is 0.187. The van der Waals surface area contributed by atoms with Gasteiger partial charge in [-0.1, -0.05) is 38.1 Å². The standard InChI is InChI=1S/C16H20O2/c1-11(2)14-6-4-5-7-15(14)16-9-8-13(18-16)10-12(3)17/h4-9,11-12,17H,10H2,1-3H3. The van der Waals surface area contributed by atoms with Gasteiger partial charge in [0.15, 0.2) is 0 Å². The third-order valence-electron chi connectivity index (χ3n) is 3.01. The van der Waals surface area contributed by atoms with Crippen molar-refractivity contribution in [2.75, 3.05) is 0 Å². The zero-order chi connectivity index (χ0) is 13.1. The molecule has 1 heterocycles. The molecule has 0 saturated carbocycles. The number of hydrogen-bond acceptors (Lipinski definition) is 2. The fourth-order valence-electron chi connectivity index (χ4n) is 2.15. The van der Waals surface area contributed by atoms with Crippen LogP contribution in [0.1, 0.15) is 38.0 Å². The summed E-state index contributed by atoms with van der Waals surface area (Å²) in [7, 11) is 0. The normalized spacial score (nSPS) is 12.9. The monoisotopic (exact) mass is 244 g/mol. The van der Waals surface area contributed by atoms with Crippen LogP contribution in [0.5, 0.6) is 0 Å². The van der Waals surface area contributed by atoms with Crippen LogP contribution in [-0.2, 0) is 6.42 Å². The van der Waals surface area contributed by atoms with Gasteiger partial charge in [0, 0.05) is 12.0 Å². The van der Waals surface area contributed by atoms with Crippen molar-refractivity contribution in [3.63, 3.8) is 0 Å². The van der Waals surface area contributed by atoms with Gasteiger partial charge >= 0.3 is 0 Å². The van der Waals surface area contributed by atoms with E-state index in [9.17, 15) is 5.11 Å². The third-order valence-corrected chi connectivity index (χ3v) is 3.01. The van der Waals surface area contributed by atoms with E-state index >= 15 is 0 Å². The lowest BCUT2D eigenvalue weighted by Crippen LogP contribution is -2.02. The van der Waals surface area contributed by atoms with E-state index in [2.05, 4.69) is 32.0 Å². The highest BCUT2D eigenvalue weighted by Gasteiger charge is 2.12. The fourth-order valence-corrected chi connectivity index (χ4v) is 2.15. The van der Waals surface area contributed by atoms with Gasteiger partial charge in [0.25, 0.3) is 0 Å². The Morgan fingerprint density at radius 1 is 1.06 bits per heavy atom. The molecule has 0 aliphatic heterocycles. The summed E-state index contributed by atoms with van der Waals surface area (Å²) in [5, 5.41) is 9.37. The minimum atomic E-state index is -0.371. The molecule has 0 amide bonds. The molecular formula is C16H20O2. The topological polar surface area (TPSA) is 33.4 Å². The molecule has 1 aromatic carbocycles. The lowest BCUT2D eigenvalue weighted by Gasteiger charge is -2.10. The van der Waals surface area contributed by atoms with Gasteiger partial charge in [-0.25, -0.2) is 0 Å². The maximum atomic E-state index is 9.37. The second kappa shape index (κ2) is 5.40. The van der Waals surface area contributed by atoms with Crippen molar-refractivity contribution in [1.29, 1.82) is 0 Å². The highest BCUT2D eigenvalue weighted by Crippen LogP contribution is 2.30. The van der Waals surface area contributed by atoms with Gasteiger partial charge in [-0.3, -0.25) is 0 Å². The van der Waals surface area contributed by atoms with Crippen molar-refractivity contribution < 1.29 is 9.52 Å². The van der Waals surface area contributed by atoms with Crippen LogP contribution in [0.25, 0.3) is 11.3 Å². The number of benzene rings is 1. The highest BCUT2D eigenvalue weighted by atomic mass is 16.3. The molecule has 0 fully saturated rings. The maximum Gasteiger partial charge on any atom is 0.134 e. The fraction of sp³-hybridized carbons (Fsp3) is 0.375. The van der Waals surface area contributed by atoms with Gasteiger partial charge in [-0.15, -0.1) is 0 Å². The molecule has 0 aliphatic carbocycles. The first-order chi connectivity index (χ1) is 8.58. The second-order valence-electron chi connectivity index (χ2n) is 5.06. The molecule has 2 aromatic rings. The number of furan rings is 1. The summed E-state index contributed by atoms with van der Waals surface area (Å²) < 4.78 is 5.81. The molecule has 2 rings (SSSR count). The molecule has 1 N–H and O–H groups in total. The average Bonchev–Trinajstić information content (AvgIpc) is 2.76. The molecule has 96 valence electrons. The molecule has 1 aromatic heterocycles. The minimum Gasteiger partial charge on any atom is -0.461 e. The van der Waals surface area contributed by atoms with E-state index in [-0.39, 0.29) is 6.10 Å². The summed E-state index contributed by atoms with van der Waals surface area (Å²) in [4.78, 5) is 0. The molecule has 18 heavy (non-hydrogen) atoms. The summed E-state index contributed by atoms with van der Waals surface area (Å²) in [6.07, 6.45) is 0.188. The average molecular weight is 244 g/mol. The quantitative estimate of drug-likeness (QED) is 0.882. The zero-order valence-corrected chi connectivity index (χ0v) is 11.2. The number of aliphatic hydroxyl groups is 1. The molecule has 0 spiro atoms. The van der Waals surface area contributed by atoms with Crippen molar-refractivity contribution >= 4 is 0 Å². The van der Waals surface area contributed by atoms with Gasteiger partial charge in [0.2, 0.25) is 0 Å². The summed E-state index contributed by atoms with van der Waals surface area (Å²) in [6.45, 7) is 6.13. The van der Waals surface area contributed by atoms with Gasteiger partial charge in [0.05, 0.1) is 6.10 Å². The van der Waals surface area contributed by atoms with Crippen molar-refractivity contribution in [3.8, 4) is 11.3 Å². The molecule has 0 saturated heterocycles. The van der Waals surface area contributed by atoms with E-state index in [1.165, 1.54) is 5.56 Å². The Morgan fingerprint density at radius 2 is 1.78 bits per heavy atom. The summed E-state index contributed by atoms with van der Waals surface area (Å²) in [5.41, 5.74) is 2.43. The van der Waals surface area contributed by atoms with Gasteiger partial charge < -0.3 is 9.52 Å². The molecule has 1 unspecified atom stereocenters. The van der Waals surface area contributed by atoms with Crippen molar-refractivity contribution in [1.82, 2.24) is 0 Å². The Kier molecular flexibility index (Phi) is 3.87. The molecule has 1 atom stereocenters. The van der Waals surface area contributed by atoms with Gasteiger partial charge in [0.1, 0.15) is 11.5 Å². The molecular weight excluding hydrogens is 224 g/mol. The number of hydrogen-bond donors (Lipinski definition) is 1. The molecule has 0 bridgehead atoms. The van der Waals surface area contributed by atoms with Crippen LogP contribution in [-0.4, -0.2) is 11.2 Å². The maximum absolute atomic E-state index is 9.37. The van der Waals surface area contributed by atoms with Crippen LogP contribution >= 0.6 is 0 Å². The predicted octanol–water partition coefficient (Wildman–Crippen LogP) is 3.99. The molecule has 0 aliphatic rings. The lowest BCUT2D eigenvalue weighted by atomic mass is 9.96. The summed E-state index contributed by atoms with van der Waals surface area (Å²) in [5.74, 6) is 2.18. The van der Waals surface area contributed by atoms with Crippen molar-refractivity contribution in [3.05, 3.63) is 47.7 Å². The van der Waals surface area contributed by atoms with Crippen molar-refractivity contribution in [2.45, 2.75) is 39.2 Å². The van der Waals surface area contributed by atoms with Crippen molar-refractivity contribution in [2.24, 2.45) is 0 Å². The number of aliphatic hydroxyl groups excluding tert-OH is 1. The highest BCUT2D eigenvalue weighted by molar-refractivity contribution is 5.63. The largest absolute Gasteiger partial charge is 0.461 e. The SMILES string of the molecule is CC(O)Cc1ccc(-c2ccccc2C(C)C)o1. The number of rotatable bonds is 4. The summed E-state index contributed by atoms with van der Waals surface area (Å²) in [6, 6.07) is 12.2. The van der Waals surface area contributed by atoms with Crippen LogP contribution in [0.4, 0.5) is 0 Å². The first kappa shape index (κ1) is 12.9. The van der Waals surface area contributed by atoms with Gasteiger partial charge in [-0.05, 0) is 30.5 Å². The Morgan fingerprint density at radius 3 is 2.44 bits per heavy atom. The first-order valence-electron chi connectivity index (χ1n) is 6.44. The second-order valence-corrected chi connectivity index (χ2v) is 5.06. The van der Waals surface area contributed by atoms with Crippen LogP contribution in [0.3, 0.4) is 0 Å². The van der Waals surface area contributed by atoms with E-state index in [1.54, 1.807) is 6.92 Å². The summed E-state index contributed by atoms with van der Waals surface area (Å²) >= 11 is 0. The van der Waals surface area contributed by atoms with Crippen LogP contribution in [0.15, 0.2) is 40.8 Å². The molecule has 0 radical (unpaired) electrons. The smallest absolute Gasteiger partial charge is 0.134 e. The molecule has 2 heteroatoms. The van der Waals surface area contributed by atoms with Gasteiger partial charge in [-0.2, -0.15) is 0 Å². The molecule has 2 nitrogen and oxygen atoms in total. The first-order valence-corrected chi connectivity index (χ1v) is 6.44. The Labute approximate surface area is 108 Å². The van der Waals surface area contributed by atoms with Crippen LogP contribution in [0.2, 0.25) is 0 Å². The Balaban J connectivity index is 2.34. The third kappa shape index (κ3) is 2.82. The van der Waals surface area contributed by atoms with E-state index < -0.39 is 0 Å². The van der Waals surface area contributed by atoms with Crippen LogP contribution in [0, 0.1) is 0 Å². The predicted molar refractivity (Wildman–Crippen MR) is 73.6 cm³/mol. The van der Waals surface area contributed by atoms with E-state index in [0.717, 1.165) is 17.1 Å². The van der Waals surface area contributed by atoms with E-state index in [4.69, 9.17) is 4.42 Å². The Bertz CT molecular complexity index is 509. The minimum absolute atomic E-state index is 0.371.